The van der Waals surface area contributed by atoms with Crippen LogP contribution in [0.1, 0.15) is 17.8 Å². The third-order valence-electron chi connectivity index (χ3n) is 1.34. The summed E-state index contributed by atoms with van der Waals surface area (Å²) in [6.45, 7) is 1.97. The van der Waals surface area contributed by atoms with Gasteiger partial charge in [-0.1, -0.05) is 0 Å². The molecule has 62 valence electrons. The van der Waals surface area contributed by atoms with Crippen molar-refractivity contribution in [2.45, 2.75) is 13.0 Å². The number of nitrogens with zero attached hydrogens (tertiary/aromatic N) is 2. The molecule has 0 aromatic carbocycles. The van der Waals surface area contributed by atoms with Gasteiger partial charge in [-0.25, -0.2) is 4.98 Å². The minimum Gasteiger partial charge on any atom is -0.354 e. The van der Waals surface area contributed by atoms with Gasteiger partial charge in [0.15, 0.2) is 5.13 Å². The van der Waals surface area contributed by atoms with Crippen LogP contribution in [0.15, 0.2) is 6.20 Å². The molecule has 1 rings (SSSR count). The normalized spacial score (nSPS) is 13.1. The Labute approximate surface area is 70.9 Å². The molecule has 0 aliphatic carbocycles. The van der Waals surface area contributed by atoms with Crippen LogP contribution in [0, 0.1) is 0 Å². The molecule has 3 nitrogen and oxygen atoms in total. The molecule has 2 N–H and O–H groups in total. The standard InChI is InChI=1S/C7H13N3S/c1-5(8)6-4-9-7(11-6)10(2)3/h4-5H,8H2,1-3H3/t5-/m0/s1. The van der Waals surface area contributed by atoms with Gasteiger partial charge >= 0.3 is 0 Å². The molecular formula is C7H13N3S. The van der Waals surface area contributed by atoms with Gasteiger partial charge in [0.25, 0.3) is 0 Å². The summed E-state index contributed by atoms with van der Waals surface area (Å²) in [4.78, 5) is 7.32. The lowest BCUT2D eigenvalue weighted by Gasteiger charge is -2.05. The van der Waals surface area contributed by atoms with Crippen molar-refractivity contribution >= 4 is 16.5 Å². The van der Waals surface area contributed by atoms with Gasteiger partial charge in [0, 0.05) is 31.2 Å². The highest BCUT2D eigenvalue weighted by molar-refractivity contribution is 7.15. The van der Waals surface area contributed by atoms with Crippen molar-refractivity contribution in [2.24, 2.45) is 5.73 Å². The van der Waals surface area contributed by atoms with E-state index in [0.717, 1.165) is 10.0 Å². The fourth-order valence-electron chi connectivity index (χ4n) is 0.694. The fraction of sp³-hybridized carbons (Fsp3) is 0.571. The first-order valence-electron chi connectivity index (χ1n) is 3.50. The van der Waals surface area contributed by atoms with Crippen molar-refractivity contribution in [1.82, 2.24) is 4.98 Å². The van der Waals surface area contributed by atoms with Gasteiger partial charge in [0.05, 0.1) is 0 Å². The summed E-state index contributed by atoms with van der Waals surface area (Å²) in [5, 5.41) is 1.01. The van der Waals surface area contributed by atoms with E-state index in [1.807, 2.05) is 32.1 Å². The second-order valence-electron chi connectivity index (χ2n) is 2.73. The predicted molar refractivity (Wildman–Crippen MR) is 49.0 cm³/mol. The lowest BCUT2D eigenvalue weighted by Crippen LogP contribution is -2.07. The Kier molecular flexibility index (Phi) is 2.46. The minimum absolute atomic E-state index is 0.0983. The summed E-state index contributed by atoms with van der Waals surface area (Å²) in [5.41, 5.74) is 5.68. The van der Waals surface area contributed by atoms with Gasteiger partial charge in [-0.15, -0.1) is 11.3 Å². The second kappa shape index (κ2) is 3.19. The molecule has 0 fully saturated rings. The molecule has 0 aliphatic rings. The van der Waals surface area contributed by atoms with E-state index in [0.29, 0.717) is 0 Å². The maximum absolute atomic E-state index is 5.68. The summed E-state index contributed by atoms with van der Waals surface area (Å²) in [6.07, 6.45) is 1.84. The molecule has 0 aliphatic heterocycles. The molecule has 0 saturated carbocycles. The lowest BCUT2D eigenvalue weighted by molar-refractivity contribution is 0.835. The SMILES string of the molecule is C[C@H](N)c1cnc(N(C)C)s1. The number of hydrogen-bond acceptors (Lipinski definition) is 4. The zero-order valence-electron chi connectivity index (χ0n) is 7.03. The Morgan fingerprint density at radius 3 is 2.55 bits per heavy atom. The molecule has 1 aromatic heterocycles. The van der Waals surface area contributed by atoms with E-state index in [9.17, 15) is 0 Å². The number of hydrogen-bond donors (Lipinski definition) is 1. The highest BCUT2D eigenvalue weighted by Crippen LogP contribution is 2.23. The van der Waals surface area contributed by atoms with Crippen LogP contribution in [0.25, 0.3) is 0 Å². The topological polar surface area (TPSA) is 42.1 Å². The molecular weight excluding hydrogens is 158 g/mol. The maximum Gasteiger partial charge on any atom is 0.185 e. The number of anilines is 1. The van der Waals surface area contributed by atoms with Crippen LogP contribution in [0.3, 0.4) is 0 Å². The molecule has 0 amide bonds. The van der Waals surface area contributed by atoms with Gasteiger partial charge < -0.3 is 10.6 Å². The predicted octanol–water partition coefficient (Wildman–Crippen LogP) is 1.23. The molecule has 4 heteroatoms. The quantitative estimate of drug-likeness (QED) is 0.727. The van der Waals surface area contributed by atoms with Gasteiger partial charge in [0.1, 0.15) is 0 Å². The first-order chi connectivity index (χ1) is 5.11. The average Bonchev–Trinajstić information content (AvgIpc) is 2.33. The number of rotatable bonds is 2. The number of thiazole rings is 1. The van der Waals surface area contributed by atoms with Crippen molar-refractivity contribution < 1.29 is 0 Å². The van der Waals surface area contributed by atoms with Crippen molar-refractivity contribution in [3.05, 3.63) is 11.1 Å². The molecule has 1 atom stereocenters. The summed E-state index contributed by atoms with van der Waals surface area (Å²) in [5.74, 6) is 0. The molecule has 11 heavy (non-hydrogen) atoms. The van der Waals surface area contributed by atoms with Crippen LogP contribution >= 0.6 is 11.3 Å². The van der Waals surface area contributed by atoms with Crippen LogP contribution in [0.4, 0.5) is 5.13 Å². The van der Waals surface area contributed by atoms with Crippen LogP contribution in [0.2, 0.25) is 0 Å². The number of nitrogens with two attached hydrogens (primary N) is 1. The highest BCUT2D eigenvalue weighted by atomic mass is 32.1. The van der Waals surface area contributed by atoms with Crippen LogP contribution < -0.4 is 10.6 Å². The Morgan fingerprint density at radius 2 is 2.27 bits per heavy atom. The van der Waals surface area contributed by atoms with Gasteiger partial charge in [-0.05, 0) is 6.92 Å². The monoisotopic (exact) mass is 171 g/mol. The Balaban J connectivity index is 2.82. The van der Waals surface area contributed by atoms with Gasteiger partial charge in [-0.3, -0.25) is 0 Å². The highest BCUT2D eigenvalue weighted by Gasteiger charge is 2.05. The van der Waals surface area contributed by atoms with E-state index >= 15 is 0 Å². The molecule has 1 heterocycles. The lowest BCUT2D eigenvalue weighted by atomic mass is 10.3. The second-order valence-corrected chi connectivity index (χ2v) is 3.77. The third kappa shape index (κ3) is 1.91. The van der Waals surface area contributed by atoms with Crippen LogP contribution in [-0.4, -0.2) is 19.1 Å². The van der Waals surface area contributed by atoms with Crippen molar-refractivity contribution in [3.8, 4) is 0 Å². The molecule has 0 unspecified atom stereocenters. The number of aromatic nitrogens is 1. The smallest absolute Gasteiger partial charge is 0.185 e. The largest absolute Gasteiger partial charge is 0.354 e. The molecule has 0 saturated heterocycles. The van der Waals surface area contributed by atoms with Crippen LogP contribution in [0.5, 0.6) is 0 Å². The summed E-state index contributed by atoms with van der Waals surface area (Å²) >= 11 is 1.64. The minimum atomic E-state index is 0.0983. The molecule has 0 bridgehead atoms. The van der Waals surface area contributed by atoms with E-state index in [4.69, 9.17) is 5.73 Å². The Hall–Kier alpha value is -0.610. The Bertz CT molecular complexity index is 207. The summed E-state index contributed by atoms with van der Waals surface area (Å²) in [7, 11) is 3.95. The van der Waals surface area contributed by atoms with Gasteiger partial charge in [-0.2, -0.15) is 0 Å². The third-order valence-corrected chi connectivity index (χ3v) is 2.71. The zero-order valence-corrected chi connectivity index (χ0v) is 7.85. The fourth-order valence-corrected chi connectivity index (χ4v) is 1.48. The van der Waals surface area contributed by atoms with Crippen molar-refractivity contribution in [3.63, 3.8) is 0 Å². The zero-order chi connectivity index (χ0) is 8.43. The van der Waals surface area contributed by atoms with E-state index in [2.05, 4.69) is 4.98 Å². The molecule has 1 aromatic rings. The van der Waals surface area contributed by atoms with E-state index in [1.54, 1.807) is 11.3 Å². The van der Waals surface area contributed by atoms with E-state index in [-0.39, 0.29) is 6.04 Å². The Morgan fingerprint density at radius 1 is 1.64 bits per heavy atom. The van der Waals surface area contributed by atoms with Crippen molar-refractivity contribution in [1.29, 1.82) is 0 Å². The van der Waals surface area contributed by atoms with E-state index in [1.165, 1.54) is 0 Å². The molecule has 0 radical (unpaired) electrons. The summed E-state index contributed by atoms with van der Waals surface area (Å²) < 4.78 is 0. The maximum atomic E-state index is 5.68. The van der Waals surface area contributed by atoms with E-state index < -0.39 is 0 Å². The first-order valence-corrected chi connectivity index (χ1v) is 4.31. The average molecular weight is 171 g/mol. The van der Waals surface area contributed by atoms with Gasteiger partial charge in [0.2, 0.25) is 0 Å². The van der Waals surface area contributed by atoms with Crippen LogP contribution in [-0.2, 0) is 0 Å². The summed E-state index contributed by atoms with van der Waals surface area (Å²) in [6, 6.07) is 0.0983. The first kappa shape index (κ1) is 8.49. The van der Waals surface area contributed by atoms with Crippen molar-refractivity contribution in [2.75, 3.05) is 19.0 Å². The molecule has 0 spiro atoms.